The number of piperidine rings is 1. The number of aryl methyl sites for hydroxylation is 1. The van der Waals surface area contributed by atoms with Crippen LogP contribution in [0.25, 0.3) is 11.3 Å². The lowest BCUT2D eigenvalue weighted by molar-refractivity contribution is -0.123. The summed E-state index contributed by atoms with van der Waals surface area (Å²) in [6, 6.07) is 11.1. The third kappa shape index (κ3) is 5.10. The van der Waals surface area contributed by atoms with E-state index in [1.54, 1.807) is 6.07 Å². The Balaban J connectivity index is 1.54. The average molecular weight is 367 g/mol. The van der Waals surface area contributed by atoms with Crippen LogP contribution >= 0.6 is 0 Å². The minimum absolute atomic E-state index is 0.0817. The number of primary amides is 1. The fourth-order valence-corrected chi connectivity index (χ4v) is 3.29. The van der Waals surface area contributed by atoms with Crippen molar-refractivity contribution in [3.8, 4) is 11.3 Å². The first kappa shape index (κ1) is 19.0. The van der Waals surface area contributed by atoms with Crippen molar-refractivity contribution in [2.75, 3.05) is 26.2 Å². The van der Waals surface area contributed by atoms with Crippen LogP contribution in [0, 0.1) is 12.8 Å². The molecule has 1 saturated heterocycles. The van der Waals surface area contributed by atoms with Crippen LogP contribution in [-0.2, 0) is 4.79 Å². The number of benzene rings is 1. The third-order valence-electron chi connectivity index (χ3n) is 4.84. The third-order valence-corrected chi connectivity index (χ3v) is 4.84. The topological polar surface area (TPSA) is 101 Å². The van der Waals surface area contributed by atoms with Crippen molar-refractivity contribution in [3.63, 3.8) is 0 Å². The summed E-state index contributed by atoms with van der Waals surface area (Å²) in [6.07, 6.45) is 1.81. The molecule has 0 aliphatic carbocycles. The minimum Gasteiger partial charge on any atom is -0.369 e. The fourth-order valence-electron chi connectivity index (χ4n) is 3.29. The van der Waals surface area contributed by atoms with Gasteiger partial charge in [-0.15, -0.1) is 0 Å². The molecule has 1 fully saturated rings. The maximum absolute atomic E-state index is 12.5. The molecule has 2 aromatic rings. The Morgan fingerprint density at radius 1 is 1.26 bits per heavy atom. The van der Waals surface area contributed by atoms with Crippen LogP contribution in [0.1, 0.15) is 28.9 Å². The number of likely N-dealkylation sites (tertiary alicyclic amines) is 1. The number of hydrogen-bond acceptors (Lipinski definition) is 5. The van der Waals surface area contributed by atoms with Crippen molar-refractivity contribution in [3.05, 3.63) is 47.7 Å². The number of nitrogens with two attached hydrogens (primary N) is 1. The van der Waals surface area contributed by atoms with E-state index >= 15 is 0 Å². The summed E-state index contributed by atoms with van der Waals surface area (Å²) < 4.78 is 0. The van der Waals surface area contributed by atoms with Crippen LogP contribution in [0.2, 0.25) is 0 Å². The van der Waals surface area contributed by atoms with Gasteiger partial charge in [-0.05, 0) is 50.6 Å². The quantitative estimate of drug-likeness (QED) is 0.803. The van der Waals surface area contributed by atoms with Crippen molar-refractivity contribution >= 4 is 11.8 Å². The highest BCUT2D eigenvalue weighted by molar-refractivity contribution is 5.95. The van der Waals surface area contributed by atoms with E-state index in [0.717, 1.165) is 36.3 Å². The molecule has 2 heterocycles. The number of nitrogens with zero attached hydrogens (tertiary/aromatic N) is 3. The number of carbonyl (C=O) groups excluding carboxylic acids is 2. The van der Waals surface area contributed by atoms with E-state index in [1.807, 2.05) is 37.3 Å². The average Bonchev–Trinajstić information content (AvgIpc) is 2.69. The van der Waals surface area contributed by atoms with Crippen LogP contribution in [-0.4, -0.2) is 53.1 Å². The summed E-state index contributed by atoms with van der Waals surface area (Å²) >= 11 is 0. The molecule has 142 valence electrons. The standard InChI is InChI=1S/C20H25N5O2/c1-14-7-8-18(24-23-14)15-4-2-5-16(12-15)20(27)22-9-11-25-10-3-6-17(13-25)19(21)26/h2,4-5,7-8,12,17H,3,6,9-11,13H2,1H3,(H2,21,26)(H,22,27). The van der Waals surface area contributed by atoms with E-state index in [2.05, 4.69) is 20.4 Å². The van der Waals surface area contributed by atoms with Crippen molar-refractivity contribution < 1.29 is 9.59 Å². The molecule has 0 spiro atoms. The highest BCUT2D eigenvalue weighted by Crippen LogP contribution is 2.18. The number of aromatic nitrogens is 2. The molecule has 7 nitrogen and oxygen atoms in total. The first-order chi connectivity index (χ1) is 13.0. The summed E-state index contributed by atoms with van der Waals surface area (Å²) in [7, 11) is 0. The van der Waals surface area contributed by atoms with Crippen molar-refractivity contribution in [2.45, 2.75) is 19.8 Å². The predicted octanol–water partition coefficient (Wildman–Crippen LogP) is 1.38. The fraction of sp³-hybridized carbons (Fsp3) is 0.400. The number of rotatable bonds is 6. The SMILES string of the molecule is Cc1ccc(-c2cccc(C(=O)NCCN3CCCC(C(N)=O)C3)c2)nn1. The monoisotopic (exact) mass is 367 g/mol. The normalized spacial score (nSPS) is 17.4. The molecular formula is C20H25N5O2. The molecule has 1 atom stereocenters. The minimum atomic E-state index is -0.236. The van der Waals surface area contributed by atoms with Gasteiger partial charge in [-0.25, -0.2) is 0 Å². The number of carbonyl (C=O) groups is 2. The summed E-state index contributed by atoms with van der Waals surface area (Å²) in [5.41, 5.74) is 8.44. The van der Waals surface area contributed by atoms with Gasteiger partial charge in [-0.3, -0.25) is 9.59 Å². The summed E-state index contributed by atoms with van der Waals surface area (Å²) in [4.78, 5) is 26.0. The molecule has 2 amide bonds. The Bertz CT molecular complexity index is 806. The van der Waals surface area contributed by atoms with Gasteiger partial charge in [0.15, 0.2) is 0 Å². The van der Waals surface area contributed by atoms with Crippen molar-refractivity contribution in [1.82, 2.24) is 20.4 Å². The van der Waals surface area contributed by atoms with Crippen LogP contribution in [0.15, 0.2) is 36.4 Å². The Kier molecular flexibility index (Phi) is 6.13. The molecule has 7 heteroatoms. The Hall–Kier alpha value is -2.80. The van der Waals surface area contributed by atoms with Gasteiger partial charge in [-0.2, -0.15) is 10.2 Å². The van der Waals surface area contributed by atoms with Gasteiger partial charge in [0.1, 0.15) is 0 Å². The molecular weight excluding hydrogens is 342 g/mol. The van der Waals surface area contributed by atoms with Gasteiger partial charge in [0, 0.05) is 30.8 Å². The van der Waals surface area contributed by atoms with Gasteiger partial charge in [-0.1, -0.05) is 12.1 Å². The number of hydrogen-bond donors (Lipinski definition) is 2. The van der Waals surface area contributed by atoms with Crippen LogP contribution in [0.4, 0.5) is 0 Å². The molecule has 0 bridgehead atoms. The van der Waals surface area contributed by atoms with E-state index in [9.17, 15) is 9.59 Å². The molecule has 1 unspecified atom stereocenters. The van der Waals surface area contributed by atoms with Crippen LogP contribution < -0.4 is 11.1 Å². The Morgan fingerprint density at radius 2 is 2.11 bits per heavy atom. The predicted molar refractivity (Wildman–Crippen MR) is 103 cm³/mol. The first-order valence-electron chi connectivity index (χ1n) is 9.23. The first-order valence-corrected chi connectivity index (χ1v) is 9.23. The molecule has 0 radical (unpaired) electrons. The zero-order valence-corrected chi connectivity index (χ0v) is 15.5. The van der Waals surface area contributed by atoms with E-state index in [4.69, 9.17) is 5.73 Å². The second kappa shape index (κ2) is 8.73. The summed E-state index contributed by atoms with van der Waals surface area (Å²) in [5.74, 6) is -0.443. The van der Waals surface area contributed by atoms with Gasteiger partial charge in [0.2, 0.25) is 5.91 Å². The molecule has 0 saturated carbocycles. The molecule has 1 aromatic carbocycles. The van der Waals surface area contributed by atoms with Gasteiger partial charge >= 0.3 is 0 Å². The maximum atomic E-state index is 12.5. The second-order valence-corrected chi connectivity index (χ2v) is 6.94. The lowest BCUT2D eigenvalue weighted by Crippen LogP contribution is -2.44. The number of amides is 2. The van der Waals surface area contributed by atoms with Gasteiger partial charge in [0.25, 0.3) is 5.91 Å². The zero-order valence-electron chi connectivity index (χ0n) is 15.5. The summed E-state index contributed by atoms with van der Waals surface area (Å²) in [5, 5.41) is 11.2. The van der Waals surface area contributed by atoms with Gasteiger partial charge < -0.3 is 16.0 Å². The molecule has 1 aliphatic heterocycles. The second-order valence-electron chi connectivity index (χ2n) is 6.94. The number of nitrogens with one attached hydrogen (secondary N) is 1. The Labute approximate surface area is 159 Å². The Morgan fingerprint density at radius 3 is 2.85 bits per heavy atom. The lowest BCUT2D eigenvalue weighted by atomic mass is 9.97. The molecule has 3 rings (SSSR count). The van der Waals surface area contributed by atoms with Gasteiger partial charge in [0.05, 0.1) is 17.3 Å². The largest absolute Gasteiger partial charge is 0.369 e. The van der Waals surface area contributed by atoms with Crippen LogP contribution in [0.5, 0.6) is 0 Å². The smallest absolute Gasteiger partial charge is 0.251 e. The van der Waals surface area contributed by atoms with Crippen molar-refractivity contribution in [2.24, 2.45) is 11.7 Å². The van der Waals surface area contributed by atoms with E-state index in [0.29, 0.717) is 25.2 Å². The molecule has 27 heavy (non-hydrogen) atoms. The molecule has 1 aromatic heterocycles. The summed E-state index contributed by atoms with van der Waals surface area (Å²) in [6.45, 7) is 4.72. The van der Waals surface area contributed by atoms with Crippen LogP contribution in [0.3, 0.4) is 0 Å². The van der Waals surface area contributed by atoms with E-state index in [-0.39, 0.29) is 17.7 Å². The highest BCUT2D eigenvalue weighted by Gasteiger charge is 2.23. The highest BCUT2D eigenvalue weighted by atomic mass is 16.2. The zero-order chi connectivity index (χ0) is 19.2. The van der Waals surface area contributed by atoms with E-state index in [1.165, 1.54) is 0 Å². The van der Waals surface area contributed by atoms with E-state index < -0.39 is 0 Å². The lowest BCUT2D eigenvalue weighted by Gasteiger charge is -2.31. The van der Waals surface area contributed by atoms with Crippen molar-refractivity contribution in [1.29, 1.82) is 0 Å². The molecule has 3 N–H and O–H groups in total. The molecule has 1 aliphatic rings. The maximum Gasteiger partial charge on any atom is 0.251 e.